The Kier molecular flexibility index (Phi) is 4.19. The molecule has 0 unspecified atom stereocenters. The molecular formula is C10H11Cl2N3. The highest BCUT2D eigenvalue weighted by Crippen LogP contribution is 2.22. The summed E-state index contributed by atoms with van der Waals surface area (Å²) in [6, 6.07) is 0. The van der Waals surface area contributed by atoms with Gasteiger partial charge in [-0.25, -0.2) is 4.99 Å². The summed E-state index contributed by atoms with van der Waals surface area (Å²) in [5.74, 6) is 5.53. The van der Waals surface area contributed by atoms with Gasteiger partial charge < -0.3 is 0 Å². The zero-order chi connectivity index (χ0) is 11.4. The normalized spacial score (nSPS) is 11.1. The third kappa shape index (κ3) is 2.98. The van der Waals surface area contributed by atoms with E-state index < -0.39 is 0 Å². The van der Waals surface area contributed by atoms with Crippen LogP contribution in [-0.2, 0) is 7.05 Å². The third-order valence-corrected chi connectivity index (χ3v) is 2.25. The van der Waals surface area contributed by atoms with Crippen molar-refractivity contribution in [3.8, 4) is 11.8 Å². The molecule has 3 nitrogen and oxygen atoms in total. The zero-order valence-corrected chi connectivity index (χ0v) is 10.3. The van der Waals surface area contributed by atoms with Crippen molar-refractivity contribution in [2.75, 3.05) is 5.88 Å². The van der Waals surface area contributed by atoms with Crippen LogP contribution in [0.25, 0.3) is 0 Å². The van der Waals surface area contributed by atoms with Crippen molar-refractivity contribution in [1.82, 2.24) is 9.78 Å². The SMILES string of the molecule is Cc1nn(C)c(C)c1/N=C(/Cl)C#CCCl. The molecule has 15 heavy (non-hydrogen) atoms. The summed E-state index contributed by atoms with van der Waals surface area (Å²) in [5, 5.41) is 4.45. The van der Waals surface area contributed by atoms with Gasteiger partial charge in [-0.15, -0.1) is 11.6 Å². The minimum Gasteiger partial charge on any atom is -0.270 e. The minimum atomic E-state index is 0.231. The molecular weight excluding hydrogens is 233 g/mol. The van der Waals surface area contributed by atoms with Gasteiger partial charge in [0.2, 0.25) is 0 Å². The average molecular weight is 244 g/mol. The molecule has 1 rings (SSSR count). The molecule has 0 amide bonds. The maximum Gasteiger partial charge on any atom is 0.180 e. The summed E-state index contributed by atoms with van der Waals surface area (Å²) in [6.07, 6.45) is 0. The fourth-order valence-electron chi connectivity index (χ4n) is 1.16. The van der Waals surface area contributed by atoms with Crippen molar-refractivity contribution >= 4 is 34.1 Å². The van der Waals surface area contributed by atoms with Crippen LogP contribution < -0.4 is 0 Å². The summed E-state index contributed by atoms with van der Waals surface area (Å²) < 4.78 is 1.76. The summed E-state index contributed by atoms with van der Waals surface area (Å²) in [4.78, 5) is 4.18. The van der Waals surface area contributed by atoms with Crippen LogP contribution in [0.15, 0.2) is 4.99 Å². The van der Waals surface area contributed by atoms with Gasteiger partial charge in [-0.3, -0.25) is 4.68 Å². The van der Waals surface area contributed by atoms with Gasteiger partial charge in [0, 0.05) is 7.05 Å². The molecule has 0 aliphatic heterocycles. The van der Waals surface area contributed by atoms with E-state index in [2.05, 4.69) is 21.9 Å². The van der Waals surface area contributed by atoms with Crippen molar-refractivity contribution in [3.63, 3.8) is 0 Å². The molecule has 0 aliphatic carbocycles. The van der Waals surface area contributed by atoms with Crippen LogP contribution in [0.2, 0.25) is 0 Å². The molecule has 0 bridgehead atoms. The highest BCUT2D eigenvalue weighted by Gasteiger charge is 2.08. The number of nitrogens with zero attached hydrogens (tertiary/aromatic N) is 3. The van der Waals surface area contributed by atoms with E-state index in [1.165, 1.54) is 0 Å². The molecule has 0 N–H and O–H groups in total. The molecule has 0 spiro atoms. The highest BCUT2D eigenvalue weighted by atomic mass is 35.5. The van der Waals surface area contributed by atoms with Gasteiger partial charge in [-0.1, -0.05) is 17.5 Å². The lowest BCUT2D eigenvalue weighted by Crippen LogP contribution is -1.92. The first-order valence-electron chi connectivity index (χ1n) is 4.35. The third-order valence-electron chi connectivity index (χ3n) is 1.94. The Labute approximate surface area is 99.1 Å². The lowest BCUT2D eigenvalue weighted by molar-refractivity contribution is 0.731. The van der Waals surface area contributed by atoms with Gasteiger partial charge >= 0.3 is 0 Å². The number of aryl methyl sites for hydroxylation is 2. The summed E-state index contributed by atoms with van der Waals surface area (Å²) in [7, 11) is 1.86. The van der Waals surface area contributed by atoms with E-state index in [9.17, 15) is 0 Å². The Morgan fingerprint density at radius 1 is 1.53 bits per heavy atom. The molecule has 0 aliphatic rings. The Morgan fingerprint density at radius 3 is 2.67 bits per heavy atom. The number of hydrogen-bond acceptors (Lipinski definition) is 2. The zero-order valence-electron chi connectivity index (χ0n) is 8.80. The van der Waals surface area contributed by atoms with E-state index >= 15 is 0 Å². The van der Waals surface area contributed by atoms with Gasteiger partial charge in [0.05, 0.1) is 17.3 Å². The Morgan fingerprint density at radius 2 is 2.20 bits per heavy atom. The van der Waals surface area contributed by atoms with Crippen LogP contribution in [0.5, 0.6) is 0 Å². The summed E-state index contributed by atoms with van der Waals surface area (Å²) >= 11 is 11.2. The van der Waals surface area contributed by atoms with Crippen LogP contribution >= 0.6 is 23.2 Å². The van der Waals surface area contributed by atoms with Crippen molar-refractivity contribution in [2.45, 2.75) is 13.8 Å². The number of alkyl halides is 1. The highest BCUT2D eigenvalue weighted by molar-refractivity contribution is 6.70. The molecule has 80 valence electrons. The second-order valence-corrected chi connectivity index (χ2v) is 3.61. The second kappa shape index (κ2) is 5.20. The predicted octanol–water partition coefficient (Wildman–Crippen LogP) is 2.55. The molecule has 1 heterocycles. The lowest BCUT2D eigenvalue weighted by atomic mass is 10.3. The van der Waals surface area contributed by atoms with Gasteiger partial charge in [0.15, 0.2) is 5.17 Å². The van der Waals surface area contributed by atoms with E-state index in [1.54, 1.807) is 4.68 Å². The fourth-order valence-corrected chi connectivity index (χ4v) is 1.37. The molecule has 0 fully saturated rings. The number of halogens is 2. The largest absolute Gasteiger partial charge is 0.270 e. The Hall–Kier alpha value is -0.980. The van der Waals surface area contributed by atoms with Gasteiger partial charge in [0.25, 0.3) is 0 Å². The van der Waals surface area contributed by atoms with Crippen LogP contribution in [0, 0.1) is 25.7 Å². The molecule has 0 saturated heterocycles. The van der Waals surface area contributed by atoms with Crippen molar-refractivity contribution in [2.24, 2.45) is 12.0 Å². The van der Waals surface area contributed by atoms with Crippen LogP contribution in [0.4, 0.5) is 5.69 Å². The maximum atomic E-state index is 5.83. The van der Waals surface area contributed by atoms with E-state index in [-0.39, 0.29) is 11.1 Å². The van der Waals surface area contributed by atoms with Crippen LogP contribution in [0.1, 0.15) is 11.4 Å². The summed E-state index contributed by atoms with van der Waals surface area (Å²) in [6.45, 7) is 3.81. The molecule has 5 heteroatoms. The second-order valence-electron chi connectivity index (χ2n) is 2.98. The topological polar surface area (TPSA) is 30.2 Å². The first kappa shape index (κ1) is 12.1. The van der Waals surface area contributed by atoms with Crippen LogP contribution in [-0.4, -0.2) is 20.8 Å². The summed E-state index contributed by atoms with van der Waals surface area (Å²) in [5.41, 5.74) is 2.56. The van der Waals surface area contributed by atoms with E-state index in [0.717, 1.165) is 17.1 Å². The predicted molar refractivity (Wildman–Crippen MR) is 64.1 cm³/mol. The van der Waals surface area contributed by atoms with Crippen molar-refractivity contribution in [3.05, 3.63) is 11.4 Å². The van der Waals surface area contributed by atoms with E-state index in [1.807, 2.05) is 20.9 Å². The molecule has 1 aromatic heterocycles. The fraction of sp³-hybridized carbons (Fsp3) is 0.400. The Bertz CT molecular complexity index is 449. The smallest absolute Gasteiger partial charge is 0.180 e. The minimum absolute atomic E-state index is 0.231. The van der Waals surface area contributed by atoms with Gasteiger partial charge in [-0.2, -0.15) is 5.10 Å². The molecule has 1 aromatic rings. The van der Waals surface area contributed by atoms with Crippen molar-refractivity contribution in [1.29, 1.82) is 0 Å². The van der Waals surface area contributed by atoms with Crippen molar-refractivity contribution < 1.29 is 0 Å². The standard InChI is InChI=1S/C10H11Cl2N3/c1-7-10(8(2)15(3)14-7)13-9(12)5-4-6-11/h6H2,1-3H3/b13-9+. The van der Waals surface area contributed by atoms with E-state index in [0.29, 0.717) is 0 Å². The first-order chi connectivity index (χ1) is 7.06. The lowest BCUT2D eigenvalue weighted by Gasteiger charge is -1.93. The molecule has 0 atom stereocenters. The molecule has 0 radical (unpaired) electrons. The average Bonchev–Trinajstić information content (AvgIpc) is 2.42. The van der Waals surface area contributed by atoms with E-state index in [4.69, 9.17) is 23.2 Å². The number of rotatable bonds is 1. The van der Waals surface area contributed by atoms with Gasteiger partial charge in [-0.05, 0) is 19.8 Å². The Balaban J connectivity index is 3.07. The first-order valence-corrected chi connectivity index (χ1v) is 5.26. The number of hydrogen-bond donors (Lipinski definition) is 0. The van der Waals surface area contributed by atoms with Crippen LogP contribution in [0.3, 0.4) is 0 Å². The quantitative estimate of drug-likeness (QED) is 0.424. The molecule has 0 aromatic carbocycles. The number of aromatic nitrogens is 2. The maximum absolute atomic E-state index is 5.83. The van der Waals surface area contributed by atoms with Gasteiger partial charge in [0.1, 0.15) is 5.69 Å². The number of aliphatic imine (C=N–C) groups is 1. The molecule has 0 saturated carbocycles. The monoisotopic (exact) mass is 243 g/mol.